The van der Waals surface area contributed by atoms with Gasteiger partial charge in [-0.2, -0.15) is 4.39 Å². The van der Waals surface area contributed by atoms with E-state index < -0.39 is 11.6 Å². The van der Waals surface area contributed by atoms with Gasteiger partial charge < -0.3 is 4.74 Å². The summed E-state index contributed by atoms with van der Waals surface area (Å²) >= 11 is 5.39. The summed E-state index contributed by atoms with van der Waals surface area (Å²) in [4.78, 5) is 0. The van der Waals surface area contributed by atoms with E-state index in [2.05, 4.69) is 0 Å². The lowest BCUT2D eigenvalue weighted by Crippen LogP contribution is -1.99. The molecule has 1 aromatic carbocycles. The zero-order valence-electron chi connectivity index (χ0n) is 7.11. The topological polar surface area (TPSA) is 9.23 Å². The normalized spacial score (nSPS) is 10.2. The first-order valence-corrected chi connectivity index (χ1v) is 4.39. The van der Waals surface area contributed by atoms with Gasteiger partial charge in [-0.15, -0.1) is 11.6 Å². The van der Waals surface area contributed by atoms with Crippen LogP contribution in [0.3, 0.4) is 0 Å². The molecule has 0 fully saturated rings. The quantitative estimate of drug-likeness (QED) is 0.691. The van der Waals surface area contributed by atoms with Crippen molar-refractivity contribution in [2.75, 3.05) is 6.61 Å². The third-order valence-corrected chi connectivity index (χ3v) is 1.86. The molecular formula is C9H9ClF2O. The summed E-state index contributed by atoms with van der Waals surface area (Å²) < 4.78 is 31.0. The zero-order chi connectivity index (χ0) is 9.84. The van der Waals surface area contributed by atoms with Gasteiger partial charge >= 0.3 is 0 Å². The van der Waals surface area contributed by atoms with E-state index in [0.29, 0.717) is 6.61 Å². The average Bonchev–Trinajstić information content (AvgIpc) is 2.14. The molecule has 0 atom stereocenters. The van der Waals surface area contributed by atoms with Crippen molar-refractivity contribution in [3.05, 3.63) is 29.3 Å². The van der Waals surface area contributed by atoms with E-state index in [1.807, 2.05) is 0 Å². The molecule has 4 heteroatoms. The Morgan fingerprint density at radius 1 is 1.31 bits per heavy atom. The van der Waals surface area contributed by atoms with Crippen LogP contribution in [-0.2, 0) is 5.88 Å². The van der Waals surface area contributed by atoms with E-state index in [1.54, 1.807) is 6.92 Å². The van der Waals surface area contributed by atoms with Gasteiger partial charge in [-0.25, -0.2) is 4.39 Å². The standard InChI is InChI=1S/C9H9ClF2O/c1-2-13-7-4-3-6(5-10)8(11)9(7)12/h3-4H,2,5H2,1H3. The highest BCUT2D eigenvalue weighted by molar-refractivity contribution is 6.17. The Labute approximate surface area is 80.3 Å². The van der Waals surface area contributed by atoms with Crippen molar-refractivity contribution in [2.45, 2.75) is 12.8 Å². The van der Waals surface area contributed by atoms with Crippen molar-refractivity contribution in [3.63, 3.8) is 0 Å². The molecule has 0 unspecified atom stereocenters. The molecule has 0 aliphatic rings. The predicted octanol–water partition coefficient (Wildman–Crippen LogP) is 3.10. The average molecular weight is 207 g/mol. The third kappa shape index (κ3) is 2.10. The summed E-state index contributed by atoms with van der Waals surface area (Å²) in [5.74, 6) is -2.02. The Morgan fingerprint density at radius 3 is 2.54 bits per heavy atom. The van der Waals surface area contributed by atoms with Gasteiger partial charge in [-0.1, -0.05) is 6.07 Å². The fraction of sp³-hybridized carbons (Fsp3) is 0.333. The molecule has 1 aromatic rings. The molecule has 0 aliphatic carbocycles. The smallest absolute Gasteiger partial charge is 0.200 e. The number of alkyl halides is 1. The summed E-state index contributed by atoms with van der Waals surface area (Å²) in [5, 5.41) is 0. The van der Waals surface area contributed by atoms with Crippen LogP contribution in [0.1, 0.15) is 12.5 Å². The molecule has 0 aromatic heterocycles. The third-order valence-electron chi connectivity index (χ3n) is 1.57. The minimum absolute atomic E-state index is 0.0465. The Balaban J connectivity index is 3.07. The van der Waals surface area contributed by atoms with Crippen LogP contribution in [0.15, 0.2) is 12.1 Å². The summed E-state index contributed by atoms with van der Waals surface area (Å²) in [6.45, 7) is 2.00. The SMILES string of the molecule is CCOc1ccc(CCl)c(F)c1F. The second-order valence-corrected chi connectivity index (χ2v) is 2.68. The Morgan fingerprint density at radius 2 is 2.00 bits per heavy atom. The lowest BCUT2D eigenvalue weighted by molar-refractivity contribution is 0.313. The molecule has 0 spiro atoms. The highest BCUT2D eigenvalue weighted by Crippen LogP contribution is 2.23. The van der Waals surface area contributed by atoms with Crippen LogP contribution in [0.25, 0.3) is 0 Å². The fourth-order valence-electron chi connectivity index (χ4n) is 0.942. The highest BCUT2D eigenvalue weighted by Gasteiger charge is 2.12. The largest absolute Gasteiger partial charge is 0.491 e. The molecule has 0 radical (unpaired) electrons. The number of hydrogen-bond acceptors (Lipinski definition) is 1. The summed E-state index contributed by atoms with van der Waals surface area (Å²) in [6.07, 6.45) is 0. The molecule has 13 heavy (non-hydrogen) atoms. The maximum Gasteiger partial charge on any atom is 0.200 e. The summed E-state index contributed by atoms with van der Waals surface area (Å²) in [5.41, 5.74) is 0.141. The van der Waals surface area contributed by atoms with E-state index in [9.17, 15) is 8.78 Å². The highest BCUT2D eigenvalue weighted by atomic mass is 35.5. The van der Waals surface area contributed by atoms with E-state index in [-0.39, 0.29) is 17.2 Å². The van der Waals surface area contributed by atoms with Crippen molar-refractivity contribution in [1.82, 2.24) is 0 Å². The number of rotatable bonds is 3. The Hall–Kier alpha value is -0.830. The first-order chi connectivity index (χ1) is 6.20. The van der Waals surface area contributed by atoms with Gasteiger partial charge in [0.25, 0.3) is 0 Å². The maximum absolute atomic E-state index is 13.1. The predicted molar refractivity (Wildman–Crippen MR) is 47.1 cm³/mol. The lowest BCUT2D eigenvalue weighted by Gasteiger charge is -2.06. The van der Waals surface area contributed by atoms with Gasteiger partial charge in [-0.3, -0.25) is 0 Å². The number of hydrogen-bond donors (Lipinski definition) is 0. The van der Waals surface area contributed by atoms with Gasteiger partial charge in [0.05, 0.1) is 12.5 Å². The first kappa shape index (κ1) is 10.3. The van der Waals surface area contributed by atoms with Crippen molar-refractivity contribution in [2.24, 2.45) is 0 Å². The lowest BCUT2D eigenvalue weighted by atomic mass is 10.2. The molecule has 1 nitrogen and oxygen atoms in total. The molecule has 0 N–H and O–H groups in total. The van der Waals surface area contributed by atoms with Gasteiger partial charge in [0.1, 0.15) is 0 Å². The van der Waals surface area contributed by atoms with Crippen LogP contribution in [0.4, 0.5) is 8.78 Å². The summed E-state index contributed by atoms with van der Waals surface area (Å²) in [7, 11) is 0. The van der Waals surface area contributed by atoms with E-state index in [1.165, 1.54) is 12.1 Å². The molecule has 0 saturated heterocycles. The molecule has 0 saturated carbocycles. The number of halogens is 3. The van der Waals surface area contributed by atoms with Crippen LogP contribution in [-0.4, -0.2) is 6.61 Å². The first-order valence-electron chi connectivity index (χ1n) is 3.86. The molecular weight excluding hydrogens is 198 g/mol. The second-order valence-electron chi connectivity index (χ2n) is 2.42. The Kier molecular flexibility index (Phi) is 3.48. The van der Waals surface area contributed by atoms with Crippen LogP contribution in [0, 0.1) is 11.6 Å². The van der Waals surface area contributed by atoms with Crippen LogP contribution in [0.2, 0.25) is 0 Å². The van der Waals surface area contributed by atoms with Gasteiger partial charge in [0.2, 0.25) is 5.82 Å². The number of benzene rings is 1. The maximum atomic E-state index is 13.1. The fourth-order valence-corrected chi connectivity index (χ4v) is 1.15. The van der Waals surface area contributed by atoms with Gasteiger partial charge in [0, 0.05) is 5.56 Å². The van der Waals surface area contributed by atoms with Gasteiger partial charge in [0.15, 0.2) is 11.6 Å². The Bertz CT molecular complexity index is 302. The molecule has 0 heterocycles. The number of ether oxygens (including phenoxy) is 1. The molecule has 0 bridgehead atoms. The monoisotopic (exact) mass is 206 g/mol. The van der Waals surface area contributed by atoms with Crippen molar-refractivity contribution in [1.29, 1.82) is 0 Å². The van der Waals surface area contributed by atoms with Crippen molar-refractivity contribution < 1.29 is 13.5 Å². The van der Waals surface area contributed by atoms with E-state index >= 15 is 0 Å². The summed E-state index contributed by atoms with van der Waals surface area (Å²) in [6, 6.07) is 2.79. The minimum atomic E-state index is -0.972. The van der Waals surface area contributed by atoms with E-state index in [0.717, 1.165) is 0 Å². The second kappa shape index (κ2) is 4.42. The van der Waals surface area contributed by atoms with Crippen LogP contribution < -0.4 is 4.74 Å². The van der Waals surface area contributed by atoms with Crippen molar-refractivity contribution in [3.8, 4) is 5.75 Å². The molecule has 72 valence electrons. The van der Waals surface area contributed by atoms with Crippen LogP contribution in [0.5, 0.6) is 5.75 Å². The molecule has 0 aliphatic heterocycles. The minimum Gasteiger partial charge on any atom is -0.491 e. The zero-order valence-corrected chi connectivity index (χ0v) is 7.87. The molecule has 1 rings (SSSR count). The molecule has 0 amide bonds. The van der Waals surface area contributed by atoms with Gasteiger partial charge in [-0.05, 0) is 13.0 Å². The van der Waals surface area contributed by atoms with Crippen LogP contribution >= 0.6 is 11.6 Å². The van der Waals surface area contributed by atoms with Crippen molar-refractivity contribution >= 4 is 11.6 Å². The van der Waals surface area contributed by atoms with E-state index in [4.69, 9.17) is 16.3 Å².